The number of aromatic nitrogens is 1. The highest BCUT2D eigenvalue weighted by atomic mass is 19.1. The maximum atomic E-state index is 14.2. The molecular weight excluding hydrogens is 421 g/mol. The zero-order chi connectivity index (χ0) is 22.8. The predicted octanol–water partition coefficient (Wildman–Crippen LogP) is 6.40. The molecule has 3 aromatic carbocycles. The number of carbonyl (C=O) groups excluding carboxylic acids is 1. The lowest BCUT2D eigenvalue weighted by Gasteiger charge is -2.23. The van der Waals surface area contributed by atoms with E-state index in [1.165, 1.54) is 6.07 Å². The average Bonchev–Trinajstić information content (AvgIpc) is 3.47. The lowest BCUT2D eigenvalue weighted by molar-refractivity contribution is 0.198. The molecule has 1 fully saturated rings. The number of benzene rings is 3. The molecule has 0 unspecified atom stereocenters. The summed E-state index contributed by atoms with van der Waals surface area (Å²) in [5.41, 5.74) is 3.12. The molecule has 5 rings (SSSR count). The molecule has 0 saturated carbocycles. The van der Waals surface area contributed by atoms with Crippen molar-refractivity contribution < 1.29 is 18.3 Å². The molecule has 0 spiro atoms. The minimum absolute atomic E-state index is 0.223. The number of ether oxygens (including phenoxy) is 1. The zero-order valence-electron chi connectivity index (χ0n) is 18.3. The van der Waals surface area contributed by atoms with Gasteiger partial charge in [0.1, 0.15) is 23.1 Å². The molecule has 1 N–H and O–H groups in total. The van der Waals surface area contributed by atoms with Crippen molar-refractivity contribution in [2.75, 3.05) is 18.5 Å². The largest absolute Gasteiger partial charge is 0.492 e. The topological polar surface area (TPSA) is 67.6 Å². The number of rotatable bonds is 5. The number of halogens is 1. The van der Waals surface area contributed by atoms with Gasteiger partial charge in [0.05, 0.1) is 12.3 Å². The third-order valence-corrected chi connectivity index (χ3v) is 5.82. The lowest BCUT2D eigenvalue weighted by Crippen LogP contribution is -2.34. The van der Waals surface area contributed by atoms with Crippen molar-refractivity contribution in [1.29, 1.82) is 0 Å². The van der Waals surface area contributed by atoms with Gasteiger partial charge in [0, 0.05) is 12.1 Å². The van der Waals surface area contributed by atoms with Gasteiger partial charge >= 0.3 is 6.03 Å². The third-order valence-electron chi connectivity index (χ3n) is 5.82. The molecule has 1 aliphatic rings. The van der Waals surface area contributed by atoms with Crippen molar-refractivity contribution in [2.24, 2.45) is 0 Å². The molecule has 2 amide bonds. The number of urea groups is 1. The normalized spacial score (nSPS) is 15.7. The maximum Gasteiger partial charge on any atom is 0.322 e. The number of carbonyl (C=O) groups is 1. The van der Waals surface area contributed by atoms with E-state index in [0.717, 1.165) is 18.4 Å². The highest BCUT2D eigenvalue weighted by molar-refractivity contribution is 5.91. The van der Waals surface area contributed by atoms with Gasteiger partial charge in [0.15, 0.2) is 5.58 Å². The first-order valence-electron chi connectivity index (χ1n) is 11.1. The Morgan fingerprint density at radius 2 is 2.00 bits per heavy atom. The molecule has 4 aromatic rings. The van der Waals surface area contributed by atoms with Crippen LogP contribution < -0.4 is 10.1 Å². The second-order valence-electron chi connectivity index (χ2n) is 7.93. The van der Waals surface area contributed by atoms with Crippen molar-refractivity contribution in [3.8, 4) is 16.9 Å². The highest BCUT2D eigenvalue weighted by Crippen LogP contribution is 2.35. The van der Waals surface area contributed by atoms with Crippen LogP contribution in [0.4, 0.5) is 14.9 Å². The van der Waals surface area contributed by atoms with Crippen molar-refractivity contribution in [1.82, 2.24) is 9.88 Å². The van der Waals surface area contributed by atoms with E-state index in [1.54, 1.807) is 29.2 Å². The minimum atomic E-state index is -0.286. The number of anilines is 1. The molecule has 6 nitrogen and oxygen atoms in total. The summed E-state index contributed by atoms with van der Waals surface area (Å²) in [7, 11) is 0. The number of hydrogen-bond acceptors (Lipinski definition) is 4. The van der Waals surface area contributed by atoms with Crippen molar-refractivity contribution >= 4 is 22.8 Å². The fourth-order valence-corrected chi connectivity index (χ4v) is 4.26. The van der Waals surface area contributed by atoms with Crippen LogP contribution in [0.2, 0.25) is 0 Å². The summed E-state index contributed by atoms with van der Waals surface area (Å²) in [6.07, 6.45) is 1.61. The van der Waals surface area contributed by atoms with Gasteiger partial charge in [-0.2, -0.15) is 0 Å². The van der Waals surface area contributed by atoms with E-state index in [-0.39, 0.29) is 17.9 Å². The van der Waals surface area contributed by atoms with E-state index in [2.05, 4.69) is 10.3 Å². The van der Waals surface area contributed by atoms with Crippen LogP contribution in [0, 0.1) is 5.82 Å². The summed E-state index contributed by atoms with van der Waals surface area (Å²) < 4.78 is 25.9. The number of fused-ring (bicyclic) bond motifs is 1. The summed E-state index contributed by atoms with van der Waals surface area (Å²) >= 11 is 0. The third kappa shape index (κ3) is 4.14. The second kappa shape index (κ2) is 8.94. The predicted molar refractivity (Wildman–Crippen MR) is 125 cm³/mol. The van der Waals surface area contributed by atoms with Crippen LogP contribution in [0.3, 0.4) is 0 Å². The summed E-state index contributed by atoms with van der Waals surface area (Å²) in [6.45, 7) is 3.02. The fraction of sp³-hybridized carbons (Fsp3) is 0.231. The number of nitrogens with zero attached hydrogens (tertiary/aromatic N) is 2. The molecule has 0 bridgehead atoms. The van der Waals surface area contributed by atoms with Crippen LogP contribution in [-0.2, 0) is 0 Å². The number of hydrogen-bond donors (Lipinski definition) is 1. The molecule has 2 heterocycles. The molecule has 1 aliphatic heterocycles. The molecule has 1 saturated heterocycles. The number of amides is 2. The summed E-state index contributed by atoms with van der Waals surface area (Å²) in [5.74, 6) is 0.833. The van der Waals surface area contributed by atoms with E-state index >= 15 is 0 Å². The first-order chi connectivity index (χ1) is 16.1. The van der Waals surface area contributed by atoms with Gasteiger partial charge in [-0.1, -0.05) is 36.4 Å². The Balaban J connectivity index is 1.40. The van der Waals surface area contributed by atoms with Crippen LogP contribution in [-0.4, -0.2) is 29.1 Å². The average molecular weight is 445 g/mol. The van der Waals surface area contributed by atoms with E-state index in [9.17, 15) is 9.18 Å². The molecule has 1 atom stereocenters. The first kappa shape index (κ1) is 21.0. The SMILES string of the molecule is CCOc1ccccc1NC(=O)N1CCC[C@@H]1c1nc2cc(-c3ccccc3F)ccc2o1. The Kier molecular flexibility index (Phi) is 5.69. The zero-order valence-corrected chi connectivity index (χ0v) is 18.3. The van der Waals surface area contributed by atoms with Gasteiger partial charge in [0.2, 0.25) is 5.89 Å². The Labute approximate surface area is 191 Å². The quantitative estimate of drug-likeness (QED) is 0.386. The Morgan fingerprint density at radius 3 is 2.85 bits per heavy atom. The number of nitrogens with one attached hydrogen (secondary N) is 1. The molecule has 1 aromatic heterocycles. The van der Waals surface area contributed by atoms with Crippen LogP contribution in [0.1, 0.15) is 31.7 Å². The number of oxazole rings is 1. The fourth-order valence-electron chi connectivity index (χ4n) is 4.26. The Hall–Kier alpha value is -3.87. The smallest absolute Gasteiger partial charge is 0.322 e. The molecule has 0 radical (unpaired) electrons. The van der Waals surface area contributed by atoms with Gasteiger partial charge < -0.3 is 19.4 Å². The van der Waals surface area contributed by atoms with Gasteiger partial charge in [-0.3, -0.25) is 0 Å². The van der Waals surface area contributed by atoms with Gasteiger partial charge in [0.25, 0.3) is 0 Å². The summed E-state index contributed by atoms with van der Waals surface area (Å²) in [4.78, 5) is 19.5. The van der Waals surface area contributed by atoms with E-state index < -0.39 is 0 Å². The van der Waals surface area contributed by atoms with E-state index in [4.69, 9.17) is 9.15 Å². The van der Waals surface area contributed by atoms with Crippen molar-refractivity contribution in [2.45, 2.75) is 25.8 Å². The monoisotopic (exact) mass is 445 g/mol. The van der Waals surface area contributed by atoms with E-state index in [1.807, 2.05) is 43.3 Å². The van der Waals surface area contributed by atoms with Crippen LogP contribution in [0.5, 0.6) is 5.75 Å². The highest BCUT2D eigenvalue weighted by Gasteiger charge is 2.34. The van der Waals surface area contributed by atoms with Crippen LogP contribution in [0.15, 0.2) is 71.1 Å². The molecular formula is C26H24FN3O3. The first-order valence-corrected chi connectivity index (χ1v) is 11.1. The Bertz CT molecular complexity index is 1300. The maximum absolute atomic E-state index is 14.2. The summed E-state index contributed by atoms with van der Waals surface area (Å²) in [6, 6.07) is 18.9. The van der Waals surface area contributed by atoms with Gasteiger partial charge in [-0.15, -0.1) is 0 Å². The number of para-hydroxylation sites is 2. The van der Waals surface area contributed by atoms with Crippen LogP contribution >= 0.6 is 0 Å². The standard InChI is InChI=1S/C26H24FN3O3/c1-2-32-23-12-6-5-10-20(23)29-26(31)30-15-7-11-22(30)25-28-21-16-17(13-14-24(21)33-25)18-8-3-4-9-19(18)27/h3-6,8-10,12-14,16,22H,2,7,11,15H2,1H3,(H,29,31)/t22-/m1/s1. The molecule has 7 heteroatoms. The second-order valence-corrected chi connectivity index (χ2v) is 7.93. The molecule has 0 aliphatic carbocycles. The minimum Gasteiger partial charge on any atom is -0.492 e. The summed E-state index contributed by atoms with van der Waals surface area (Å²) in [5, 5.41) is 2.96. The molecule has 168 valence electrons. The van der Waals surface area contributed by atoms with Crippen molar-refractivity contribution in [3.63, 3.8) is 0 Å². The lowest BCUT2D eigenvalue weighted by atomic mass is 10.0. The van der Waals surface area contributed by atoms with Gasteiger partial charge in [-0.05, 0) is 55.7 Å². The molecule has 33 heavy (non-hydrogen) atoms. The number of likely N-dealkylation sites (tertiary alicyclic amines) is 1. The van der Waals surface area contributed by atoms with Crippen LogP contribution in [0.25, 0.3) is 22.2 Å². The van der Waals surface area contributed by atoms with Gasteiger partial charge in [-0.25, -0.2) is 14.2 Å². The van der Waals surface area contributed by atoms with E-state index in [0.29, 0.717) is 47.1 Å². The Morgan fingerprint density at radius 1 is 1.18 bits per heavy atom. The van der Waals surface area contributed by atoms with Crippen molar-refractivity contribution in [3.05, 3.63) is 78.4 Å².